The lowest BCUT2D eigenvalue weighted by Gasteiger charge is -2.42. The summed E-state index contributed by atoms with van der Waals surface area (Å²) < 4.78 is 41.5. The zero-order valence-corrected chi connectivity index (χ0v) is 24.2. The summed E-state index contributed by atoms with van der Waals surface area (Å²) in [6, 6.07) is 6.90. The number of nitrogens with zero attached hydrogens (tertiary/aromatic N) is 1. The average Bonchev–Trinajstić information content (AvgIpc) is 2.87. The summed E-state index contributed by atoms with van der Waals surface area (Å²) in [5.74, 6) is -2.64. The molecule has 41 heavy (non-hydrogen) atoms. The van der Waals surface area contributed by atoms with Gasteiger partial charge in [0.25, 0.3) is 0 Å². The number of amides is 1. The van der Waals surface area contributed by atoms with Crippen molar-refractivity contribution in [3.63, 3.8) is 0 Å². The molecule has 9 heteroatoms. The third-order valence-corrected chi connectivity index (χ3v) is 8.11. The Morgan fingerprint density at radius 1 is 1.05 bits per heavy atom. The number of hydrogen-bond donors (Lipinski definition) is 1. The second-order valence-corrected chi connectivity index (χ2v) is 11.7. The molecule has 7 nitrogen and oxygen atoms in total. The third kappa shape index (κ3) is 6.77. The number of aliphatic carboxylic acids is 1. The van der Waals surface area contributed by atoms with Gasteiger partial charge in [-0.05, 0) is 80.0 Å². The number of carbonyl (C=O) groups is 3. The summed E-state index contributed by atoms with van der Waals surface area (Å²) in [4.78, 5) is 40.1. The number of ether oxygens (including phenoxy) is 2. The van der Waals surface area contributed by atoms with Crippen molar-refractivity contribution in [2.75, 3.05) is 26.4 Å². The van der Waals surface area contributed by atoms with E-state index in [0.29, 0.717) is 50.3 Å². The van der Waals surface area contributed by atoms with Crippen molar-refractivity contribution in [2.24, 2.45) is 11.8 Å². The summed E-state index contributed by atoms with van der Waals surface area (Å²) in [5.41, 5.74) is 0.761. The maximum atomic E-state index is 15.2. The highest BCUT2D eigenvalue weighted by atomic mass is 19.1. The molecule has 1 unspecified atom stereocenters. The number of rotatable bonds is 12. The van der Waals surface area contributed by atoms with Gasteiger partial charge in [-0.2, -0.15) is 0 Å². The van der Waals surface area contributed by atoms with E-state index in [4.69, 9.17) is 14.6 Å². The number of Topliss-reactive ketones (excluding diaryl/α,β-unsaturated/α-hetero) is 1. The van der Waals surface area contributed by atoms with E-state index in [2.05, 4.69) is 0 Å². The van der Waals surface area contributed by atoms with Crippen LogP contribution in [-0.2, 0) is 37.4 Å². The second-order valence-electron chi connectivity index (χ2n) is 11.7. The van der Waals surface area contributed by atoms with Gasteiger partial charge in [0, 0.05) is 42.9 Å². The fourth-order valence-electron chi connectivity index (χ4n) is 6.13. The van der Waals surface area contributed by atoms with Crippen molar-refractivity contribution >= 4 is 17.7 Å². The van der Waals surface area contributed by atoms with Gasteiger partial charge in [-0.15, -0.1) is 0 Å². The fraction of sp³-hybridized carbons (Fsp3) is 0.531. The van der Waals surface area contributed by atoms with Gasteiger partial charge >= 0.3 is 5.97 Å². The maximum Gasteiger partial charge on any atom is 0.303 e. The molecule has 2 aromatic carbocycles. The quantitative estimate of drug-likeness (QED) is 0.366. The summed E-state index contributed by atoms with van der Waals surface area (Å²) in [7, 11) is 0. The molecule has 1 atom stereocenters. The van der Waals surface area contributed by atoms with Gasteiger partial charge in [0.05, 0.1) is 13.2 Å². The monoisotopic (exact) mass is 571 g/mol. The van der Waals surface area contributed by atoms with Gasteiger partial charge in [-0.3, -0.25) is 14.4 Å². The molecular formula is C32H39F2NO6. The average molecular weight is 572 g/mol. The van der Waals surface area contributed by atoms with E-state index in [0.717, 1.165) is 5.56 Å². The number of carboxylic acids is 1. The zero-order chi connectivity index (χ0) is 29.9. The molecule has 0 bridgehead atoms. The first-order valence-electron chi connectivity index (χ1n) is 14.3. The number of carboxylic acid groups (broad SMARTS) is 1. The highest BCUT2D eigenvalue weighted by Gasteiger charge is 2.43. The Morgan fingerprint density at radius 2 is 1.73 bits per heavy atom. The van der Waals surface area contributed by atoms with E-state index in [1.807, 2.05) is 19.9 Å². The smallest absolute Gasteiger partial charge is 0.303 e. The molecule has 222 valence electrons. The van der Waals surface area contributed by atoms with Crippen molar-refractivity contribution in [3.8, 4) is 5.75 Å². The molecule has 1 saturated carbocycles. The van der Waals surface area contributed by atoms with Crippen LogP contribution >= 0.6 is 0 Å². The highest BCUT2D eigenvalue weighted by molar-refractivity contribution is 5.93. The van der Waals surface area contributed by atoms with E-state index in [1.165, 1.54) is 12.1 Å². The van der Waals surface area contributed by atoms with E-state index in [1.54, 1.807) is 30.9 Å². The van der Waals surface area contributed by atoms with Crippen molar-refractivity contribution in [3.05, 3.63) is 64.2 Å². The van der Waals surface area contributed by atoms with Crippen LogP contribution in [0.4, 0.5) is 8.78 Å². The van der Waals surface area contributed by atoms with Crippen LogP contribution in [0.2, 0.25) is 0 Å². The molecule has 2 aromatic rings. The Kier molecular flexibility index (Phi) is 9.47. The lowest BCUT2D eigenvalue weighted by Crippen LogP contribution is -2.49. The van der Waals surface area contributed by atoms with Crippen LogP contribution in [0.25, 0.3) is 0 Å². The van der Waals surface area contributed by atoms with Crippen LogP contribution in [0, 0.1) is 23.5 Å². The molecule has 0 saturated heterocycles. The molecule has 1 amide bonds. The minimum Gasteiger partial charge on any atom is -0.494 e. The van der Waals surface area contributed by atoms with Gasteiger partial charge in [0.2, 0.25) is 5.91 Å². The Morgan fingerprint density at radius 3 is 2.34 bits per heavy atom. The summed E-state index contributed by atoms with van der Waals surface area (Å²) in [5, 5.41) is 9.08. The first-order valence-corrected chi connectivity index (χ1v) is 14.3. The van der Waals surface area contributed by atoms with Gasteiger partial charge in [-0.25, -0.2) is 8.78 Å². The van der Waals surface area contributed by atoms with E-state index in [-0.39, 0.29) is 54.1 Å². The van der Waals surface area contributed by atoms with Gasteiger partial charge < -0.3 is 19.5 Å². The summed E-state index contributed by atoms with van der Waals surface area (Å²) in [6.45, 7) is 8.46. The summed E-state index contributed by atoms with van der Waals surface area (Å²) in [6.07, 6.45) is 1.23. The van der Waals surface area contributed by atoms with E-state index in [9.17, 15) is 14.4 Å². The first kappa shape index (κ1) is 30.6. The third-order valence-electron chi connectivity index (χ3n) is 8.11. The molecule has 0 aromatic heterocycles. The predicted octanol–water partition coefficient (Wildman–Crippen LogP) is 5.42. The molecule has 1 fully saturated rings. The Bertz CT molecular complexity index is 1280. The highest BCUT2D eigenvalue weighted by Crippen LogP contribution is 2.41. The second kappa shape index (κ2) is 12.7. The maximum absolute atomic E-state index is 15.2. The number of ketones is 1. The molecule has 1 N–H and O–H groups in total. The minimum atomic E-state index is -0.916. The van der Waals surface area contributed by atoms with Gasteiger partial charge in [0.1, 0.15) is 23.4 Å². The number of benzene rings is 2. The normalized spacial score (nSPS) is 20.2. The van der Waals surface area contributed by atoms with Crippen LogP contribution in [0.3, 0.4) is 0 Å². The van der Waals surface area contributed by atoms with Crippen molar-refractivity contribution < 1.29 is 37.7 Å². The van der Waals surface area contributed by atoms with Gasteiger partial charge in [-0.1, -0.05) is 19.9 Å². The fourth-order valence-corrected chi connectivity index (χ4v) is 6.13. The molecule has 1 aliphatic carbocycles. The molecular weight excluding hydrogens is 532 g/mol. The first-order chi connectivity index (χ1) is 19.4. The van der Waals surface area contributed by atoms with Crippen molar-refractivity contribution in [2.45, 2.75) is 71.3 Å². The molecule has 0 radical (unpaired) electrons. The number of halogens is 2. The minimum absolute atomic E-state index is 0.0175. The van der Waals surface area contributed by atoms with Crippen LogP contribution in [0.1, 0.15) is 75.3 Å². The lowest BCUT2D eigenvalue weighted by atomic mass is 9.72. The Hall–Kier alpha value is -3.33. The van der Waals surface area contributed by atoms with Crippen LogP contribution in [0.15, 0.2) is 30.3 Å². The lowest BCUT2D eigenvalue weighted by molar-refractivity contribution is -0.149. The number of carbonyl (C=O) groups excluding carboxylic acids is 2. The standard InChI is InChI=1S/C32H39F2NO6/c1-5-40-18-32(3,4)29-25(33)13-20(14-26(29)34)15-27(36)30-24-8-7-23(41-6-2)17-21(24)9-10-35(30)31(39)22-11-19(12-22)16-28(37)38/h7-8,13-14,17,19,22,30H,5-6,9-12,15-16,18H2,1-4H3,(H,37,38). The number of hydrogen-bond acceptors (Lipinski definition) is 5. The molecule has 1 aliphatic heterocycles. The van der Waals surface area contributed by atoms with Crippen molar-refractivity contribution in [1.82, 2.24) is 4.90 Å². The Labute approximate surface area is 239 Å². The van der Waals surface area contributed by atoms with E-state index >= 15 is 8.78 Å². The van der Waals surface area contributed by atoms with Crippen LogP contribution in [-0.4, -0.2) is 54.0 Å². The molecule has 2 aliphatic rings. The van der Waals surface area contributed by atoms with Crippen LogP contribution in [0.5, 0.6) is 5.75 Å². The predicted molar refractivity (Wildman–Crippen MR) is 149 cm³/mol. The summed E-state index contributed by atoms with van der Waals surface area (Å²) >= 11 is 0. The topological polar surface area (TPSA) is 93.1 Å². The molecule has 4 rings (SSSR count). The zero-order valence-electron chi connectivity index (χ0n) is 24.2. The molecule has 0 spiro atoms. The Balaban J connectivity index is 1.61. The number of fused-ring (bicyclic) bond motifs is 1. The van der Waals surface area contributed by atoms with Crippen LogP contribution < -0.4 is 4.74 Å². The SMILES string of the molecule is CCOCC(C)(C)c1c(F)cc(CC(=O)C2c3ccc(OCC)cc3CCN2C(=O)C2CC(CC(=O)O)C2)cc1F. The largest absolute Gasteiger partial charge is 0.494 e. The van der Waals surface area contributed by atoms with Gasteiger partial charge in [0.15, 0.2) is 5.78 Å². The molecule has 1 heterocycles. The van der Waals surface area contributed by atoms with E-state index < -0.39 is 29.1 Å². The van der Waals surface area contributed by atoms with Crippen molar-refractivity contribution in [1.29, 1.82) is 0 Å².